The summed E-state index contributed by atoms with van der Waals surface area (Å²) in [7, 11) is 0. The smallest absolute Gasteiger partial charge is 0.253 e. The second-order valence-corrected chi connectivity index (χ2v) is 8.50. The van der Waals surface area contributed by atoms with Crippen LogP contribution in [0.15, 0.2) is 43.0 Å². The fourth-order valence-electron chi connectivity index (χ4n) is 4.04. The molecule has 0 unspecified atom stereocenters. The molecule has 9 heteroatoms. The van der Waals surface area contributed by atoms with Crippen LogP contribution >= 0.6 is 0 Å². The van der Waals surface area contributed by atoms with Gasteiger partial charge in [-0.3, -0.25) is 19.4 Å². The molecule has 3 amide bonds. The average Bonchev–Trinajstić information content (AvgIpc) is 3.37. The van der Waals surface area contributed by atoms with Crippen molar-refractivity contribution in [3.8, 4) is 0 Å². The summed E-state index contributed by atoms with van der Waals surface area (Å²) in [6.07, 6.45) is 11.5. The van der Waals surface area contributed by atoms with Crippen molar-refractivity contribution in [2.45, 2.75) is 52.0 Å². The van der Waals surface area contributed by atoms with E-state index >= 15 is 0 Å². The first kappa shape index (κ1) is 25.1. The molecule has 2 aromatic rings. The Morgan fingerprint density at radius 3 is 2.68 bits per heavy atom. The molecular weight excluding hydrogens is 432 g/mol. The molecule has 3 heterocycles. The molecule has 34 heavy (non-hydrogen) atoms. The van der Waals surface area contributed by atoms with E-state index in [2.05, 4.69) is 15.6 Å². The Bertz CT molecular complexity index is 994. The van der Waals surface area contributed by atoms with Crippen LogP contribution in [0.1, 0.15) is 60.3 Å². The van der Waals surface area contributed by atoms with E-state index in [1.807, 2.05) is 42.8 Å². The van der Waals surface area contributed by atoms with Gasteiger partial charge in [0.2, 0.25) is 11.8 Å². The lowest BCUT2D eigenvalue weighted by atomic mass is 9.89. The zero-order valence-corrected chi connectivity index (χ0v) is 20.0. The third-order valence-corrected chi connectivity index (χ3v) is 5.96. The number of likely N-dealkylation sites (tertiary alicyclic amines) is 1. The number of hydrogen-bond acceptors (Lipinski definition) is 5. The fraction of sp³-hybridized carbons (Fsp3) is 0.480. The lowest BCUT2D eigenvalue weighted by Crippen LogP contribution is -2.44. The number of imidazole rings is 1. The van der Waals surface area contributed by atoms with Gasteiger partial charge in [-0.15, -0.1) is 0 Å². The summed E-state index contributed by atoms with van der Waals surface area (Å²) in [4.78, 5) is 47.6. The molecule has 0 aromatic carbocycles. The van der Waals surface area contributed by atoms with Crippen molar-refractivity contribution in [3.63, 3.8) is 0 Å². The minimum Gasteiger partial charge on any atom is -0.352 e. The van der Waals surface area contributed by atoms with Gasteiger partial charge in [0.25, 0.3) is 5.91 Å². The molecule has 0 bridgehead atoms. The molecule has 0 radical (unpaired) electrons. The molecule has 3 rings (SSSR count). The maximum absolute atomic E-state index is 12.9. The Hall–Kier alpha value is -3.49. The van der Waals surface area contributed by atoms with Crippen LogP contribution in [0, 0.1) is 6.92 Å². The summed E-state index contributed by atoms with van der Waals surface area (Å²) in [5.41, 5.74) is 2.28. The van der Waals surface area contributed by atoms with Crippen molar-refractivity contribution in [3.05, 3.63) is 60.0 Å². The number of aryl methyl sites for hydroxylation is 2. The Morgan fingerprint density at radius 2 is 1.97 bits per heavy atom. The molecule has 0 aliphatic carbocycles. The molecule has 1 saturated heterocycles. The Labute approximate surface area is 200 Å². The first-order chi connectivity index (χ1) is 16.5. The summed E-state index contributed by atoms with van der Waals surface area (Å²) in [6, 6.07) is 3.71. The number of nitrogens with one attached hydrogen (secondary N) is 2. The highest BCUT2D eigenvalue weighted by atomic mass is 16.2. The van der Waals surface area contributed by atoms with E-state index in [0.29, 0.717) is 25.2 Å². The largest absolute Gasteiger partial charge is 0.352 e. The second kappa shape index (κ2) is 12.7. The summed E-state index contributed by atoms with van der Waals surface area (Å²) < 4.78 is 1.98. The predicted molar refractivity (Wildman–Crippen MR) is 129 cm³/mol. The quantitative estimate of drug-likeness (QED) is 0.412. The number of nitrogens with zero attached hydrogens (tertiary/aromatic N) is 4. The zero-order valence-electron chi connectivity index (χ0n) is 20.0. The van der Waals surface area contributed by atoms with Crippen LogP contribution < -0.4 is 10.6 Å². The van der Waals surface area contributed by atoms with Gasteiger partial charge in [0.05, 0.1) is 24.1 Å². The fourth-order valence-corrected chi connectivity index (χ4v) is 4.04. The van der Waals surface area contributed by atoms with Gasteiger partial charge < -0.3 is 20.1 Å². The number of piperidine rings is 1. The topological polar surface area (TPSA) is 109 Å². The van der Waals surface area contributed by atoms with Gasteiger partial charge in [-0.05, 0) is 45.2 Å². The van der Waals surface area contributed by atoms with Crippen molar-refractivity contribution in [1.29, 1.82) is 0 Å². The molecule has 1 fully saturated rings. The summed E-state index contributed by atoms with van der Waals surface area (Å²) in [5.74, 6) is -0.248. The molecule has 2 aromatic heterocycles. The van der Waals surface area contributed by atoms with Crippen LogP contribution in [-0.4, -0.2) is 63.3 Å². The molecule has 9 nitrogen and oxygen atoms in total. The number of allylic oxidation sites excluding steroid dienone is 1. The molecule has 0 spiro atoms. The van der Waals surface area contributed by atoms with E-state index in [1.165, 1.54) is 0 Å². The molecule has 182 valence electrons. The van der Waals surface area contributed by atoms with Gasteiger partial charge in [-0.25, -0.2) is 4.98 Å². The maximum Gasteiger partial charge on any atom is 0.253 e. The predicted octanol–water partition coefficient (Wildman–Crippen LogP) is 2.20. The highest BCUT2D eigenvalue weighted by molar-refractivity contribution is 5.95. The number of amides is 3. The van der Waals surface area contributed by atoms with E-state index in [4.69, 9.17) is 4.98 Å². The van der Waals surface area contributed by atoms with Gasteiger partial charge in [-0.1, -0.05) is 12.2 Å². The lowest BCUT2D eigenvalue weighted by Gasteiger charge is -2.32. The summed E-state index contributed by atoms with van der Waals surface area (Å²) in [5, 5.41) is 5.68. The lowest BCUT2D eigenvalue weighted by molar-refractivity contribution is -0.133. The van der Waals surface area contributed by atoms with E-state index in [0.717, 1.165) is 37.2 Å². The Morgan fingerprint density at radius 1 is 1.18 bits per heavy atom. The normalized spacial score (nSPS) is 14.4. The highest BCUT2D eigenvalue weighted by Crippen LogP contribution is 2.29. The van der Waals surface area contributed by atoms with Crippen molar-refractivity contribution >= 4 is 17.7 Å². The third kappa shape index (κ3) is 7.26. The van der Waals surface area contributed by atoms with E-state index < -0.39 is 0 Å². The van der Waals surface area contributed by atoms with E-state index in [-0.39, 0.29) is 36.6 Å². The SMILES string of the molecule is CC=CCC(=O)NCC(=O)N1CCC(c2nc(C)ccc2C(=O)NCCCn2ccnc2)CC1. The number of rotatable bonds is 10. The van der Waals surface area contributed by atoms with Crippen LogP contribution in [0.3, 0.4) is 0 Å². The highest BCUT2D eigenvalue weighted by Gasteiger charge is 2.28. The van der Waals surface area contributed by atoms with Crippen molar-refractivity contribution < 1.29 is 14.4 Å². The number of pyridine rings is 1. The van der Waals surface area contributed by atoms with Crippen LogP contribution in [0.4, 0.5) is 0 Å². The molecule has 1 aliphatic heterocycles. The maximum atomic E-state index is 12.9. The van der Waals surface area contributed by atoms with Crippen LogP contribution in [0.25, 0.3) is 0 Å². The Balaban J connectivity index is 1.51. The summed E-state index contributed by atoms with van der Waals surface area (Å²) in [6.45, 7) is 6.30. The minimum absolute atomic E-state index is 0.0104. The number of hydrogen-bond donors (Lipinski definition) is 2. The zero-order chi connectivity index (χ0) is 24.3. The third-order valence-electron chi connectivity index (χ3n) is 5.96. The molecule has 0 saturated carbocycles. The first-order valence-corrected chi connectivity index (χ1v) is 11.8. The van der Waals surface area contributed by atoms with Gasteiger partial charge in [0, 0.05) is 56.6 Å². The van der Waals surface area contributed by atoms with Crippen LogP contribution in [0.5, 0.6) is 0 Å². The van der Waals surface area contributed by atoms with Crippen LogP contribution in [-0.2, 0) is 16.1 Å². The van der Waals surface area contributed by atoms with Crippen molar-refractivity contribution in [1.82, 2.24) is 30.1 Å². The molecule has 0 atom stereocenters. The first-order valence-electron chi connectivity index (χ1n) is 11.8. The minimum atomic E-state index is -0.161. The Kier molecular flexibility index (Phi) is 9.37. The van der Waals surface area contributed by atoms with Crippen LogP contribution in [0.2, 0.25) is 0 Å². The van der Waals surface area contributed by atoms with Gasteiger partial charge >= 0.3 is 0 Å². The average molecular weight is 467 g/mol. The number of carbonyl (C=O) groups excluding carboxylic acids is 3. The second-order valence-electron chi connectivity index (χ2n) is 8.50. The van der Waals surface area contributed by atoms with Crippen molar-refractivity contribution in [2.75, 3.05) is 26.2 Å². The number of carbonyl (C=O) groups is 3. The summed E-state index contributed by atoms with van der Waals surface area (Å²) >= 11 is 0. The van der Waals surface area contributed by atoms with Gasteiger partial charge in [0.15, 0.2) is 0 Å². The molecule has 2 N–H and O–H groups in total. The molecular formula is C25H34N6O3. The van der Waals surface area contributed by atoms with E-state index in [9.17, 15) is 14.4 Å². The monoisotopic (exact) mass is 466 g/mol. The van der Waals surface area contributed by atoms with E-state index in [1.54, 1.807) is 23.5 Å². The van der Waals surface area contributed by atoms with Gasteiger partial charge in [0.1, 0.15) is 0 Å². The molecule has 1 aliphatic rings. The van der Waals surface area contributed by atoms with Crippen molar-refractivity contribution in [2.24, 2.45) is 0 Å². The van der Waals surface area contributed by atoms with Gasteiger partial charge in [-0.2, -0.15) is 0 Å². The number of aromatic nitrogens is 3. The standard InChI is InChI=1S/C25H34N6O3/c1-3-4-6-22(32)28-17-23(33)31-14-9-20(10-15-31)24-21(8-7-19(2)29-24)25(34)27-11-5-13-30-16-12-26-18-30/h3-4,7-8,12,16,18,20H,5-6,9-11,13-15,17H2,1-2H3,(H,27,34)(H,28,32).